The lowest BCUT2D eigenvalue weighted by molar-refractivity contribution is 0.147. The highest BCUT2D eigenvalue weighted by molar-refractivity contribution is 5.79. The largest absolute Gasteiger partial charge is 0.478 e. The predicted octanol–water partition coefficient (Wildman–Crippen LogP) is 2.41. The number of nitrogens with zero attached hydrogens (tertiary/aromatic N) is 3. The number of hydrogen-bond donors (Lipinski definition) is 2. The maximum absolute atomic E-state index is 5.57. The standard InChI is InChI=1S/C19H33N5O/c1-4-17-10-6-7-13-24(17)14-12-22-19(20-3)23-15-16-9-8-11-21-18(16)25-5-2/h8-9,11,17H,4-7,10,12-15H2,1-3H3,(H2,20,22,23). The van der Waals surface area contributed by atoms with Crippen LogP contribution in [0.15, 0.2) is 23.3 Å². The molecular weight excluding hydrogens is 314 g/mol. The van der Waals surface area contributed by atoms with Crippen molar-refractivity contribution in [1.29, 1.82) is 0 Å². The molecule has 2 rings (SSSR count). The number of nitrogens with one attached hydrogen (secondary N) is 2. The molecule has 1 aliphatic heterocycles. The van der Waals surface area contributed by atoms with Crippen molar-refractivity contribution in [3.8, 4) is 5.88 Å². The molecule has 0 aliphatic carbocycles. The van der Waals surface area contributed by atoms with Gasteiger partial charge in [-0.05, 0) is 38.8 Å². The summed E-state index contributed by atoms with van der Waals surface area (Å²) in [6, 6.07) is 4.70. The maximum atomic E-state index is 5.57. The average Bonchev–Trinajstić information content (AvgIpc) is 2.66. The topological polar surface area (TPSA) is 61.8 Å². The first-order valence-electron chi connectivity index (χ1n) is 9.53. The summed E-state index contributed by atoms with van der Waals surface area (Å²) in [6.45, 7) is 8.71. The molecule has 0 bridgehead atoms. The Balaban J connectivity index is 1.77. The van der Waals surface area contributed by atoms with Crippen LogP contribution in [-0.4, -0.2) is 55.2 Å². The Labute approximate surface area is 152 Å². The summed E-state index contributed by atoms with van der Waals surface area (Å²) >= 11 is 0. The van der Waals surface area contributed by atoms with Crippen LogP contribution in [0.25, 0.3) is 0 Å². The minimum Gasteiger partial charge on any atom is -0.478 e. The quantitative estimate of drug-likeness (QED) is 0.559. The number of piperidine rings is 1. The number of pyridine rings is 1. The number of guanidine groups is 1. The van der Waals surface area contributed by atoms with Crippen LogP contribution in [0.5, 0.6) is 5.88 Å². The van der Waals surface area contributed by atoms with Crippen molar-refractivity contribution in [2.24, 2.45) is 4.99 Å². The molecule has 1 atom stereocenters. The molecule has 2 N–H and O–H groups in total. The first kappa shape index (κ1) is 19.5. The molecule has 0 amide bonds. The molecular formula is C19H33N5O. The summed E-state index contributed by atoms with van der Waals surface area (Å²) in [6.07, 6.45) is 7.03. The summed E-state index contributed by atoms with van der Waals surface area (Å²) in [4.78, 5) is 11.2. The molecule has 0 spiro atoms. The van der Waals surface area contributed by atoms with Crippen molar-refractivity contribution >= 4 is 5.96 Å². The third kappa shape index (κ3) is 6.20. The van der Waals surface area contributed by atoms with E-state index in [9.17, 15) is 0 Å². The van der Waals surface area contributed by atoms with Gasteiger partial charge in [-0.2, -0.15) is 0 Å². The molecule has 1 saturated heterocycles. The minimum absolute atomic E-state index is 0.616. The van der Waals surface area contributed by atoms with E-state index in [0.29, 0.717) is 19.0 Å². The van der Waals surface area contributed by atoms with Gasteiger partial charge in [0.05, 0.1) is 6.61 Å². The van der Waals surface area contributed by atoms with E-state index in [0.717, 1.165) is 30.7 Å². The fourth-order valence-electron chi connectivity index (χ4n) is 3.36. The Hall–Kier alpha value is -1.82. The zero-order valence-corrected chi connectivity index (χ0v) is 15.9. The van der Waals surface area contributed by atoms with Crippen LogP contribution < -0.4 is 15.4 Å². The van der Waals surface area contributed by atoms with Crippen molar-refractivity contribution in [2.45, 2.75) is 52.1 Å². The maximum Gasteiger partial charge on any atom is 0.218 e. The second-order valence-corrected chi connectivity index (χ2v) is 6.35. The SMILES string of the molecule is CCOc1ncccc1CNC(=NC)NCCN1CCCCC1CC. The molecule has 2 heterocycles. The molecule has 1 unspecified atom stereocenters. The van der Waals surface area contributed by atoms with Crippen LogP contribution in [0.1, 0.15) is 45.1 Å². The third-order valence-electron chi connectivity index (χ3n) is 4.71. The van der Waals surface area contributed by atoms with Crippen LogP contribution in [0.4, 0.5) is 0 Å². The van der Waals surface area contributed by atoms with Gasteiger partial charge in [-0.3, -0.25) is 9.89 Å². The highest BCUT2D eigenvalue weighted by Crippen LogP contribution is 2.18. The van der Waals surface area contributed by atoms with Crippen LogP contribution in [-0.2, 0) is 6.54 Å². The normalized spacial score (nSPS) is 18.8. The van der Waals surface area contributed by atoms with E-state index in [1.165, 1.54) is 32.2 Å². The van der Waals surface area contributed by atoms with E-state index < -0.39 is 0 Å². The molecule has 0 saturated carbocycles. The van der Waals surface area contributed by atoms with Crippen molar-refractivity contribution in [3.05, 3.63) is 23.9 Å². The number of likely N-dealkylation sites (tertiary alicyclic amines) is 1. The number of aliphatic imine (C=N–C) groups is 1. The summed E-state index contributed by atoms with van der Waals surface area (Å²) in [5.74, 6) is 1.50. The zero-order valence-electron chi connectivity index (χ0n) is 15.9. The van der Waals surface area contributed by atoms with Gasteiger partial charge in [-0.15, -0.1) is 0 Å². The molecule has 1 aliphatic rings. The van der Waals surface area contributed by atoms with Gasteiger partial charge in [-0.1, -0.05) is 19.4 Å². The molecule has 140 valence electrons. The van der Waals surface area contributed by atoms with Crippen LogP contribution >= 0.6 is 0 Å². The summed E-state index contributed by atoms with van der Waals surface area (Å²) < 4.78 is 5.57. The summed E-state index contributed by atoms with van der Waals surface area (Å²) in [7, 11) is 1.80. The van der Waals surface area contributed by atoms with Gasteiger partial charge < -0.3 is 15.4 Å². The smallest absolute Gasteiger partial charge is 0.218 e. The van der Waals surface area contributed by atoms with Gasteiger partial charge in [0.1, 0.15) is 0 Å². The molecule has 1 fully saturated rings. The lowest BCUT2D eigenvalue weighted by Gasteiger charge is -2.35. The van der Waals surface area contributed by atoms with E-state index in [4.69, 9.17) is 4.74 Å². The van der Waals surface area contributed by atoms with Crippen LogP contribution in [0.2, 0.25) is 0 Å². The second kappa shape index (κ2) is 10.9. The van der Waals surface area contributed by atoms with E-state index in [1.807, 2.05) is 19.1 Å². The van der Waals surface area contributed by atoms with E-state index in [-0.39, 0.29) is 0 Å². The van der Waals surface area contributed by atoms with Crippen LogP contribution in [0, 0.1) is 0 Å². The number of rotatable bonds is 8. The molecule has 1 aromatic rings. The van der Waals surface area contributed by atoms with Crippen LogP contribution in [0.3, 0.4) is 0 Å². The first-order valence-corrected chi connectivity index (χ1v) is 9.53. The molecule has 6 heteroatoms. The average molecular weight is 348 g/mol. The molecule has 0 radical (unpaired) electrons. The molecule has 1 aromatic heterocycles. The fourth-order valence-corrected chi connectivity index (χ4v) is 3.36. The Bertz CT molecular complexity index is 534. The number of hydrogen-bond acceptors (Lipinski definition) is 4. The fraction of sp³-hybridized carbons (Fsp3) is 0.684. The summed E-state index contributed by atoms with van der Waals surface area (Å²) in [5.41, 5.74) is 1.04. The first-order chi connectivity index (χ1) is 12.3. The third-order valence-corrected chi connectivity index (χ3v) is 4.71. The van der Waals surface area contributed by atoms with Gasteiger partial charge in [0.2, 0.25) is 5.88 Å². The van der Waals surface area contributed by atoms with Crippen molar-refractivity contribution in [2.75, 3.05) is 33.3 Å². The Morgan fingerprint density at radius 1 is 1.36 bits per heavy atom. The van der Waals surface area contributed by atoms with Gasteiger partial charge in [0, 0.05) is 44.5 Å². The van der Waals surface area contributed by atoms with Crippen molar-refractivity contribution in [1.82, 2.24) is 20.5 Å². The van der Waals surface area contributed by atoms with E-state index >= 15 is 0 Å². The van der Waals surface area contributed by atoms with Gasteiger partial charge in [0.15, 0.2) is 5.96 Å². The Kier molecular flexibility index (Phi) is 8.52. The monoisotopic (exact) mass is 347 g/mol. The lowest BCUT2D eigenvalue weighted by Crippen LogP contribution is -2.45. The minimum atomic E-state index is 0.616. The van der Waals surface area contributed by atoms with Gasteiger partial charge in [0.25, 0.3) is 0 Å². The van der Waals surface area contributed by atoms with E-state index in [2.05, 4.69) is 32.4 Å². The second-order valence-electron chi connectivity index (χ2n) is 6.35. The Morgan fingerprint density at radius 2 is 2.24 bits per heavy atom. The summed E-state index contributed by atoms with van der Waals surface area (Å²) in [5, 5.41) is 6.77. The number of ether oxygens (including phenoxy) is 1. The highest BCUT2D eigenvalue weighted by Gasteiger charge is 2.19. The Morgan fingerprint density at radius 3 is 3.00 bits per heavy atom. The molecule has 6 nitrogen and oxygen atoms in total. The van der Waals surface area contributed by atoms with Gasteiger partial charge in [-0.25, -0.2) is 4.98 Å². The van der Waals surface area contributed by atoms with Crippen molar-refractivity contribution < 1.29 is 4.74 Å². The molecule has 25 heavy (non-hydrogen) atoms. The van der Waals surface area contributed by atoms with Crippen molar-refractivity contribution in [3.63, 3.8) is 0 Å². The highest BCUT2D eigenvalue weighted by atomic mass is 16.5. The van der Waals surface area contributed by atoms with E-state index in [1.54, 1.807) is 13.2 Å². The lowest BCUT2D eigenvalue weighted by atomic mass is 10.0. The molecule has 0 aromatic carbocycles. The zero-order chi connectivity index (χ0) is 17.9. The van der Waals surface area contributed by atoms with Gasteiger partial charge >= 0.3 is 0 Å². The number of aromatic nitrogens is 1. The predicted molar refractivity (Wildman–Crippen MR) is 103 cm³/mol.